The molecule has 3 heteroatoms. The van der Waals surface area contributed by atoms with E-state index in [1.165, 1.54) is 16.7 Å². The molecule has 0 spiro atoms. The molecule has 1 amide bonds. The molecule has 1 aliphatic rings. The van der Waals surface area contributed by atoms with E-state index in [9.17, 15) is 4.79 Å². The van der Waals surface area contributed by atoms with Crippen LogP contribution in [0.5, 0.6) is 0 Å². The van der Waals surface area contributed by atoms with Crippen LogP contribution in [-0.4, -0.2) is 13.0 Å². The lowest BCUT2D eigenvalue weighted by molar-refractivity contribution is -0.117. The van der Waals surface area contributed by atoms with Crippen molar-refractivity contribution in [3.8, 4) is 0 Å². The van der Waals surface area contributed by atoms with Crippen molar-refractivity contribution in [1.29, 1.82) is 0 Å². The van der Waals surface area contributed by atoms with Gasteiger partial charge in [-0.3, -0.25) is 4.79 Å². The van der Waals surface area contributed by atoms with E-state index in [1.807, 2.05) is 13.1 Å². The number of benzene rings is 2. The highest BCUT2D eigenvalue weighted by Crippen LogP contribution is 2.35. The van der Waals surface area contributed by atoms with E-state index in [4.69, 9.17) is 0 Å². The first-order valence-electron chi connectivity index (χ1n) is 6.66. The van der Waals surface area contributed by atoms with Crippen LogP contribution in [0.3, 0.4) is 0 Å². The number of hydrogen-bond donors (Lipinski definition) is 0. The zero-order chi connectivity index (χ0) is 14.3. The molecule has 1 aliphatic heterocycles. The largest absolute Gasteiger partial charge is 0.315 e. The molecule has 0 radical (unpaired) electrons. The number of hydrogen-bond acceptors (Lipinski definition) is 1. The van der Waals surface area contributed by atoms with E-state index >= 15 is 0 Å². The van der Waals surface area contributed by atoms with Crippen molar-refractivity contribution in [2.24, 2.45) is 0 Å². The minimum atomic E-state index is 0.161. The monoisotopic (exact) mass is 329 g/mol. The average Bonchev–Trinajstić information content (AvgIpc) is 2.74. The Morgan fingerprint density at radius 3 is 2.45 bits per heavy atom. The summed E-state index contributed by atoms with van der Waals surface area (Å²) in [6.45, 7) is 2.09. The Morgan fingerprint density at radius 2 is 1.75 bits per heavy atom. The van der Waals surface area contributed by atoms with E-state index in [2.05, 4.69) is 59.3 Å². The number of carbonyl (C=O) groups excluding carboxylic acids is 1. The molecule has 3 rings (SSSR count). The first kappa shape index (κ1) is 13.4. The van der Waals surface area contributed by atoms with Gasteiger partial charge in [0.05, 0.1) is 11.2 Å². The zero-order valence-corrected chi connectivity index (χ0v) is 13.1. The Morgan fingerprint density at radius 1 is 1.10 bits per heavy atom. The first-order valence-corrected chi connectivity index (χ1v) is 7.58. The quantitative estimate of drug-likeness (QED) is 0.762. The molecule has 1 atom stereocenters. The molecule has 1 heterocycles. The highest BCUT2D eigenvalue weighted by molar-refractivity contribution is 9.09. The predicted molar refractivity (Wildman–Crippen MR) is 85.5 cm³/mol. The maximum atomic E-state index is 11.7. The maximum absolute atomic E-state index is 11.7. The van der Waals surface area contributed by atoms with Gasteiger partial charge in [0.25, 0.3) is 0 Å². The standard InChI is InChI=1S/C17H16BrNO/c1-11-3-5-12(6-4-11)17(18)13-7-8-15-14(9-13)10-16(20)19(15)2/h3-9,17H,10H2,1-2H3. The number of fused-ring (bicyclic) bond motifs is 1. The molecule has 2 aromatic carbocycles. The fraction of sp³-hybridized carbons (Fsp3) is 0.235. The smallest absolute Gasteiger partial charge is 0.231 e. The molecule has 0 N–H and O–H groups in total. The topological polar surface area (TPSA) is 20.3 Å². The molecule has 20 heavy (non-hydrogen) atoms. The molecular formula is C17H16BrNO. The highest BCUT2D eigenvalue weighted by atomic mass is 79.9. The van der Waals surface area contributed by atoms with Gasteiger partial charge in [0, 0.05) is 12.7 Å². The number of alkyl halides is 1. The molecule has 0 saturated heterocycles. The molecule has 2 nitrogen and oxygen atoms in total. The minimum Gasteiger partial charge on any atom is -0.315 e. The summed E-state index contributed by atoms with van der Waals surface area (Å²) in [4.78, 5) is 13.6. The Kier molecular flexibility index (Phi) is 3.38. The van der Waals surface area contributed by atoms with E-state index in [1.54, 1.807) is 4.90 Å². The van der Waals surface area contributed by atoms with Crippen LogP contribution in [0.25, 0.3) is 0 Å². The van der Waals surface area contributed by atoms with Crippen LogP contribution in [0.1, 0.15) is 27.1 Å². The third-order valence-electron chi connectivity index (χ3n) is 3.84. The van der Waals surface area contributed by atoms with E-state index in [-0.39, 0.29) is 10.7 Å². The fourth-order valence-electron chi connectivity index (χ4n) is 2.58. The number of amides is 1. The van der Waals surface area contributed by atoms with Gasteiger partial charge in [0.1, 0.15) is 0 Å². The number of likely N-dealkylation sites (N-methyl/N-ethyl adjacent to an activating group) is 1. The number of carbonyl (C=O) groups is 1. The Hall–Kier alpha value is -1.61. The molecule has 0 saturated carbocycles. The van der Waals surface area contributed by atoms with Crippen LogP contribution in [-0.2, 0) is 11.2 Å². The molecule has 0 fully saturated rings. The van der Waals surface area contributed by atoms with Gasteiger partial charge < -0.3 is 4.90 Å². The van der Waals surface area contributed by atoms with Gasteiger partial charge in [-0.25, -0.2) is 0 Å². The molecule has 1 unspecified atom stereocenters. The lowest BCUT2D eigenvalue weighted by atomic mass is 10.0. The Labute approximate surface area is 127 Å². The highest BCUT2D eigenvalue weighted by Gasteiger charge is 2.24. The second kappa shape index (κ2) is 5.06. The van der Waals surface area contributed by atoms with Gasteiger partial charge in [0.2, 0.25) is 5.91 Å². The number of halogens is 1. The van der Waals surface area contributed by atoms with Gasteiger partial charge in [0.15, 0.2) is 0 Å². The van der Waals surface area contributed by atoms with E-state index in [0.29, 0.717) is 6.42 Å². The average molecular weight is 330 g/mol. The van der Waals surface area contributed by atoms with Crippen LogP contribution < -0.4 is 4.90 Å². The summed E-state index contributed by atoms with van der Waals surface area (Å²) in [5.74, 6) is 0.165. The van der Waals surface area contributed by atoms with Crippen LogP contribution in [0.2, 0.25) is 0 Å². The third kappa shape index (κ3) is 2.27. The number of aryl methyl sites for hydroxylation is 1. The summed E-state index contributed by atoms with van der Waals surface area (Å²) >= 11 is 3.76. The molecule has 0 aliphatic carbocycles. The van der Waals surface area contributed by atoms with E-state index in [0.717, 1.165) is 11.3 Å². The van der Waals surface area contributed by atoms with E-state index < -0.39 is 0 Å². The van der Waals surface area contributed by atoms with Crippen molar-refractivity contribution in [3.05, 3.63) is 64.7 Å². The van der Waals surface area contributed by atoms with Crippen molar-refractivity contribution in [2.45, 2.75) is 18.2 Å². The summed E-state index contributed by atoms with van der Waals surface area (Å²) in [6, 6.07) is 14.8. The molecule has 0 aromatic heterocycles. The molecule has 0 bridgehead atoms. The van der Waals surface area contributed by atoms with Gasteiger partial charge in [-0.1, -0.05) is 57.9 Å². The summed E-state index contributed by atoms with van der Waals surface area (Å²) in [5, 5.41) is 0. The summed E-state index contributed by atoms with van der Waals surface area (Å²) < 4.78 is 0. The molecular weight excluding hydrogens is 314 g/mol. The van der Waals surface area contributed by atoms with Crippen LogP contribution >= 0.6 is 15.9 Å². The Bertz CT molecular complexity index is 663. The fourth-order valence-corrected chi connectivity index (χ4v) is 3.17. The van der Waals surface area contributed by atoms with Crippen LogP contribution in [0.15, 0.2) is 42.5 Å². The molecule has 2 aromatic rings. The van der Waals surface area contributed by atoms with Crippen molar-refractivity contribution in [1.82, 2.24) is 0 Å². The predicted octanol–water partition coefficient (Wildman–Crippen LogP) is 4.00. The SMILES string of the molecule is Cc1ccc(C(Br)c2ccc3c(c2)CC(=O)N3C)cc1. The normalized spacial score (nSPS) is 15.3. The second-order valence-corrected chi connectivity index (χ2v) is 6.21. The third-order valence-corrected chi connectivity index (χ3v) is 4.90. The lowest BCUT2D eigenvalue weighted by Crippen LogP contribution is -2.20. The van der Waals surface area contributed by atoms with Crippen molar-refractivity contribution in [3.63, 3.8) is 0 Å². The summed E-state index contributed by atoms with van der Waals surface area (Å²) in [6.07, 6.45) is 0.507. The van der Waals surface area contributed by atoms with Crippen molar-refractivity contribution in [2.75, 3.05) is 11.9 Å². The first-order chi connectivity index (χ1) is 9.56. The Balaban J connectivity index is 1.94. The van der Waals surface area contributed by atoms with Gasteiger partial charge in [-0.2, -0.15) is 0 Å². The zero-order valence-electron chi connectivity index (χ0n) is 11.6. The maximum Gasteiger partial charge on any atom is 0.231 e. The van der Waals surface area contributed by atoms with Crippen LogP contribution in [0.4, 0.5) is 5.69 Å². The van der Waals surface area contributed by atoms with Gasteiger partial charge in [-0.15, -0.1) is 0 Å². The number of nitrogens with zero attached hydrogens (tertiary/aromatic N) is 1. The summed E-state index contributed by atoms with van der Waals surface area (Å²) in [7, 11) is 1.83. The minimum absolute atomic E-state index is 0.161. The second-order valence-electron chi connectivity index (χ2n) is 5.29. The number of rotatable bonds is 2. The summed E-state index contributed by atoms with van der Waals surface area (Å²) in [5.41, 5.74) is 5.83. The lowest BCUT2D eigenvalue weighted by Gasteiger charge is -2.14. The molecule has 102 valence electrons. The van der Waals surface area contributed by atoms with Gasteiger partial charge >= 0.3 is 0 Å². The number of anilines is 1. The van der Waals surface area contributed by atoms with Crippen molar-refractivity contribution >= 4 is 27.5 Å². The van der Waals surface area contributed by atoms with Crippen molar-refractivity contribution < 1.29 is 4.79 Å². The van der Waals surface area contributed by atoms with Crippen LogP contribution in [0, 0.1) is 6.92 Å². The van der Waals surface area contributed by atoms with Gasteiger partial charge in [-0.05, 0) is 29.7 Å².